The van der Waals surface area contributed by atoms with Crippen molar-refractivity contribution in [3.8, 4) is 0 Å². The number of halogens is 2. The molecule has 0 saturated heterocycles. The monoisotopic (exact) mass is 405 g/mol. The summed E-state index contributed by atoms with van der Waals surface area (Å²) in [6, 6.07) is 7.34. The van der Waals surface area contributed by atoms with E-state index in [0.717, 1.165) is 43.9 Å². The number of aliphatic imine (C=N–C) groups is 1. The maximum absolute atomic E-state index is 13.7. The van der Waals surface area contributed by atoms with E-state index in [-0.39, 0.29) is 35.7 Å². The maximum Gasteiger partial charge on any atom is 0.191 e. The lowest BCUT2D eigenvalue weighted by molar-refractivity contribution is 0.607. The van der Waals surface area contributed by atoms with E-state index in [2.05, 4.69) is 29.5 Å². The molecule has 0 bridgehead atoms. The van der Waals surface area contributed by atoms with Crippen molar-refractivity contribution in [3.63, 3.8) is 0 Å². The summed E-state index contributed by atoms with van der Waals surface area (Å²) in [7, 11) is 0. The number of benzene rings is 1. The fraction of sp³-hybridized carbons (Fsp3) is 0.562. The number of unbranched alkanes of at least 4 members (excludes halogenated alkanes) is 1. The van der Waals surface area contributed by atoms with E-state index in [4.69, 9.17) is 0 Å². The molecule has 2 unspecified atom stereocenters. The van der Waals surface area contributed by atoms with Crippen molar-refractivity contribution in [2.45, 2.75) is 45.1 Å². The molecule has 0 aliphatic heterocycles. The van der Waals surface area contributed by atoms with Gasteiger partial charge in [0.05, 0.1) is 0 Å². The molecule has 1 aromatic rings. The number of hydrogen-bond donors (Lipinski definition) is 2. The molecule has 1 fully saturated rings. The van der Waals surface area contributed by atoms with Gasteiger partial charge in [-0.1, -0.05) is 31.5 Å². The third-order valence-electron chi connectivity index (χ3n) is 3.54. The Bertz CT molecular complexity index is 465. The van der Waals surface area contributed by atoms with E-state index in [1.807, 2.05) is 12.1 Å². The van der Waals surface area contributed by atoms with Crippen molar-refractivity contribution >= 4 is 29.9 Å². The standard InChI is InChI=1S/C16H24FN3.HI/c1-3-5-10-19-16(18-4-2)20-15-11-13(15)12-8-6-7-9-14(12)17;/h6-9,13,15H,3-5,10-11H2,1-2H3,(H2,18,19,20);1H. The molecule has 3 nitrogen and oxygen atoms in total. The van der Waals surface area contributed by atoms with Crippen LogP contribution in [0.4, 0.5) is 4.39 Å². The van der Waals surface area contributed by atoms with Crippen LogP contribution >= 0.6 is 24.0 Å². The predicted octanol–water partition coefficient (Wildman–Crippen LogP) is 3.65. The molecular formula is C16H25FIN3. The van der Waals surface area contributed by atoms with Crippen LogP contribution in [0, 0.1) is 5.82 Å². The van der Waals surface area contributed by atoms with Crippen molar-refractivity contribution in [2.24, 2.45) is 4.99 Å². The summed E-state index contributed by atoms with van der Waals surface area (Å²) in [4.78, 5) is 4.53. The zero-order valence-corrected chi connectivity index (χ0v) is 15.1. The van der Waals surface area contributed by atoms with Gasteiger partial charge in [0.25, 0.3) is 0 Å². The van der Waals surface area contributed by atoms with Gasteiger partial charge >= 0.3 is 0 Å². The third kappa shape index (κ3) is 5.45. The first-order valence-corrected chi connectivity index (χ1v) is 7.55. The summed E-state index contributed by atoms with van der Waals surface area (Å²) in [6.07, 6.45) is 3.21. The van der Waals surface area contributed by atoms with Crippen LogP contribution in [0.1, 0.15) is 44.6 Å². The van der Waals surface area contributed by atoms with Crippen LogP contribution in [0.2, 0.25) is 0 Å². The minimum atomic E-state index is -0.102. The zero-order valence-electron chi connectivity index (χ0n) is 12.7. The molecule has 0 aromatic heterocycles. The molecule has 1 aromatic carbocycles. The van der Waals surface area contributed by atoms with Crippen molar-refractivity contribution in [1.29, 1.82) is 0 Å². The molecule has 1 aliphatic carbocycles. The van der Waals surface area contributed by atoms with E-state index in [0.29, 0.717) is 6.04 Å². The quantitative estimate of drug-likeness (QED) is 0.328. The smallest absolute Gasteiger partial charge is 0.191 e. The van der Waals surface area contributed by atoms with Gasteiger partial charge in [0.2, 0.25) is 0 Å². The zero-order chi connectivity index (χ0) is 14.4. The summed E-state index contributed by atoms with van der Waals surface area (Å²) in [5, 5.41) is 6.64. The Labute approximate surface area is 143 Å². The summed E-state index contributed by atoms with van der Waals surface area (Å²) < 4.78 is 13.7. The fourth-order valence-corrected chi connectivity index (χ4v) is 2.32. The highest BCUT2D eigenvalue weighted by Gasteiger charge is 2.40. The second-order valence-electron chi connectivity index (χ2n) is 5.23. The van der Waals surface area contributed by atoms with Gasteiger partial charge in [-0.25, -0.2) is 4.39 Å². The summed E-state index contributed by atoms with van der Waals surface area (Å²) in [6.45, 7) is 5.89. The number of hydrogen-bond acceptors (Lipinski definition) is 1. The molecule has 2 N–H and O–H groups in total. The Morgan fingerprint density at radius 3 is 2.76 bits per heavy atom. The first-order chi connectivity index (χ1) is 9.76. The van der Waals surface area contributed by atoms with Gasteiger partial charge in [-0.15, -0.1) is 24.0 Å². The Morgan fingerprint density at radius 2 is 2.10 bits per heavy atom. The molecule has 118 valence electrons. The van der Waals surface area contributed by atoms with E-state index in [1.165, 1.54) is 6.07 Å². The summed E-state index contributed by atoms with van der Waals surface area (Å²) >= 11 is 0. The average molecular weight is 405 g/mol. The molecule has 0 amide bonds. The molecule has 5 heteroatoms. The topological polar surface area (TPSA) is 36.4 Å². The van der Waals surface area contributed by atoms with Crippen LogP contribution in [0.5, 0.6) is 0 Å². The number of guanidine groups is 1. The van der Waals surface area contributed by atoms with E-state index in [1.54, 1.807) is 6.07 Å². The molecular weight excluding hydrogens is 380 g/mol. The largest absolute Gasteiger partial charge is 0.357 e. The highest BCUT2D eigenvalue weighted by molar-refractivity contribution is 14.0. The van der Waals surface area contributed by atoms with Crippen LogP contribution in [-0.2, 0) is 0 Å². The van der Waals surface area contributed by atoms with Crippen LogP contribution < -0.4 is 10.6 Å². The average Bonchev–Trinajstić information content (AvgIpc) is 3.19. The van der Waals surface area contributed by atoms with Crippen molar-refractivity contribution < 1.29 is 4.39 Å². The molecule has 0 heterocycles. The van der Waals surface area contributed by atoms with Gasteiger partial charge in [0, 0.05) is 25.0 Å². The Balaban J connectivity index is 0.00000220. The lowest BCUT2D eigenvalue weighted by Crippen LogP contribution is -2.39. The van der Waals surface area contributed by atoms with Crippen LogP contribution in [0.15, 0.2) is 29.3 Å². The molecule has 0 radical (unpaired) electrons. The summed E-state index contributed by atoms with van der Waals surface area (Å²) in [5.41, 5.74) is 0.814. The fourth-order valence-electron chi connectivity index (χ4n) is 2.32. The Morgan fingerprint density at radius 1 is 1.33 bits per heavy atom. The summed E-state index contributed by atoms with van der Waals surface area (Å²) in [5.74, 6) is 1.02. The van der Waals surface area contributed by atoms with E-state index >= 15 is 0 Å². The lowest BCUT2D eigenvalue weighted by atomic mass is 10.1. The van der Waals surface area contributed by atoms with Crippen LogP contribution in [-0.4, -0.2) is 25.1 Å². The van der Waals surface area contributed by atoms with Gasteiger partial charge in [-0.05, 0) is 31.4 Å². The minimum Gasteiger partial charge on any atom is -0.357 e. The molecule has 0 spiro atoms. The van der Waals surface area contributed by atoms with Gasteiger partial charge in [0.1, 0.15) is 5.82 Å². The lowest BCUT2D eigenvalue weighted by Gasteiger charge is -2.11. The maximum atomic E-state index is 13.7. The normalized spacial score (nSPS) is 20.6. The molecule has 21 heavy (non-hydrogen) atoms. The first kappa shape index (κ1) is 18.2. The first-order valence-electron chi connectivity index (χ1n) is 7.55. The molecule has 1 saturated carbocycles. The van der Waals surface area contributed by atoms with Gasteiger partial charge < -0.3 is 10.6 Å². The second-order valence-corrected chi connectivity index (χ2v) is 5.23. The highest BCUT2D eigenvalue weighted by atomic mass is 127. The van der Waals surface area contributed by atoms with E-state index in [9.17, 15) is 4.39 Å². The SMILES string of the molecule is CCCCN=C(NCC)NC1CC1c1ccccc1F.I. The number of rotatable bonds is 6. The van der Waals surface area contributed by atoms with Crippen molar-refractivity contribution in [2.75, 3.05) is 13.1 Å². The van der Waals surface area contributed by atoms with Crippen LogP contribution in [0.25, 0.3) is 0 Å². The Kier molecular flexibility index (Phi) is 8.00. The van der Waals surface area contributed by atoms with Gasteiger partial charge in [-0.3, -0.25) is 4.99 Å². The predicted molar refractivity (Wildman–Crippen MR) is 97.0 cm³/mol. The van der Waals surface area contributed by atoms with Gasteiger partial charge in [0.15, 0.2) is 5.96 Å². The van der Waals surface area contributed by atoms with E-state index < -0.39 is 0 Å². The van der Waals surface area contributed by atoms with Crippen LogP contribution in [0.3, 0.4) is 0 Å². The number of nitrogens with one attached hydrogen (secondary N) is 2. The molecule has 2 atom stereocenters. The van der Waals surface area contributed by atoms with Gasteiger partial charge in [-0.2, -0.15) is 0 Å². The van der Waals surface area contributed by atoms with Crippen molar-refractivity contribution in [3.05, 3.63) is 35.6 Å². The highest BCUT2D eigenvalue weighted by Crippen LogP contribution is 2.41. The second kappa shape index (κ2) is 9.23. The number of nitrogens with zero attached hydrogens (tertiary/aromatic N) is 1. The van der Waals surface area contributed by atoms with Crippen molar-refractivity contribution in [1.82, 2.24) is 10.6 Å². The Hall–Kier alpha value is -0.850. The third-order valence-corrected chi connectivity index (χ3v) is 3.54. The minimum absolute atomic E-state index is 0. The molecule has 1 aliphatic rings. The molecule has 2 rings (SSSR count).